The van der Waals surface area contributed by atoms with Crippen LogP contribution in [0.1, 0.15) is 33.6 Å². The molecule has 0 rings (SSSR count). The van der Waals surface area contributed by atoms with Gasteiger partial charge in [0.2, 0.25) is 0 Å². The summed E-state index contributed by atoms with van der Waals surface area (Å²) in [7, 11) is 0. The van der Waals surface area contributed by atoms with E-state index < -0.39 is 0 Å². The Bertz CT molecular complexity index is 143. The van der Waals surface area contributed by atoms with Crippen molar-refractivity contribution >= 4 is 0 Å². The van der Waals surface area contributed by atoms with E-state index >= 15 is 0 Å². The van der Waals surface area contributed by atoms with E-state index in [1.54, 1.807) is 0 Å². The number of nitrogens with two attached hydrogens (primary N) is 1. The van der Waals surface area contributed by atoms with Gasteiger partial charge in [-0.3, -0.25) is 0 Å². The van der Waals surface area contributed by atoms with Crippen molar-refractivity contribution in [1.82, 2.24) is 5.32 Å². The Morgan fingerprint density at radius 2 is 2.15 bits per heavy atom. The molecular weight excluding hydrogens is 160 g/mol. The van der Waals surface area contributed by atoms with Crippen molar-refractivity contribution in [1.29, 1.82) is 0 Å². The van der Waals surface area contributed by atoms with Crippen LogP contribution in [-0.2, 0) is 0 Å². The van der Waals surface area contributed by atoms with Gasteiger partial charge in [0.1, 0.15) is 0 Å². The number of hydrogen-bond acceptors (Lipinski definition) is 2. The fourth-order valence-electron chi connectivity index (χ4n) is 1.48. The fourth-order valence-corrected chi connectivity index (χ4v) is 1.48. The van der Waals surface area contributed by atoms with E-state index in [4.69, 9.17) is 5.73 Å². The average molecular weight is 184 g/mol. The quantitative estimate of drug-likeness (QED) is 0.593. The zero-order chi connectivity index (χ0) is 10.3. The molecule has 0 aromatic heterocycles. The summed E-state index contributed by atoms with van der Waals surface area (Å²) in [4.78, 5) is 0. The molecule has 3 N–H and O–H groups in total. The standard InChI is InChI=1S/C11H24N2/c1-5-6-10(4)11(7-12)13-8-9(2)3/h10-11,13H,2,5-8,12H2,1,3-4H3. The Kier molecular flexibility index (Phi) is 6.92. The van der Waals surface area contributed by atoms with Crippen molar-refractivity contribution in [2.24, 2.45) is 11.7 Å². The molecule has 0 aliphatic heterocycles. The first kappa shape index (κ1) is 12.7. The van der Waals surface area contributed by atoms with E-state index in [0.717, 1.165) is 6.54 Å². The summed E-state index contributed by atoms with van der Waals surface area (Å²) in [5, 5.41) is 3.43. The van der Waals surface area contributed by atoms with E-state index in [1.807, 2.05) is 6.92 Å². The fraction of sp³-hybridized carbons (Fsp3) is 0.818. The van der Waals surface area contributed by atoms with E-state index in [2.05, 4.69) is 25.7 Å². The van der Waals surface area contributed by atoms with Gasteiger partial charge in [0.05, 0.1) is 0 Å². The third kappa shape index (κ3) is 5.83. The smallest absolute Gasteiger partial charge is 0.0218 e. The molecule has 0 aromatic carbocycles. The third-order valence-electron chi connectivity index (χ3n) is 2.35. The summed E-state index contributed by atoms with van der Waals surface area (Å²) in [6.45, 7) is 12.0. The molecule has 0 fully saturated rings. The molecule has 2 nitrogen and oxygen atoms in total. The Labute approximate surface area is 82.6 Å². The van der Waals surface area contributed by atoms with Crippen LogP contribution in [0, 0.1) is 5.92 Å². The largest absolute Gasteiger partial charge is 0.329 e. The molecule has 0 saturated carbocycles. The highest BCUT2D eigenvalue weighted by atomic mass is 14.9. The highest BCUT2D eigenvalue weighted by molar-refractivity contribution is 4.92. The molecule has 0 radical (unpaired) electrons. The first-order chi connectivity index (χ1) is 6.11. The molecule has 0 aliphatic carbocycles. The Balaban J connectivity index is 3.79. The molecule has 13 heavy (non-hydrogen) atoms. The Morgan fingerprint density at radius 3 is 2.54 bits per heavy atom. The van der Waals surface area contributed by atoms with E-state index in [9.17, 15) is 0 Å². The van der Waals surface area contributed by atoms with Crippen LogP contribution < -0.4 is 11.1 Å². The molecule has 0 aliphatic rings. The second-order valence-corrected chi connectivity index (χ2v) is 3.95. The predicted octanol–water partition coefficient (Wildman–Crippen LogP) is 1.92. The first-order valence-corrected chi connectivity index (χ1v) is 5.19. The van der Waals surface area contributed by atoms with Gasteiger partial charge in [-0.25, -0.2) is 0 Å². The van der Waals surface area contributed by atoms with Crippen LogP contribution in [0.4, 0.5) is 0 Å². The molecule has 2 atom stereocenters. The molecule has 78 valence electrons. The van der Waals surface area contributed by atoms with Crippen LogP contribution in [0.25, 0.3) is 0 Å². The van der Waals surface area contributed by atoms with E-state index in [-0.39, 0.29) is 0 Å². The monoisotopic (exact) mass is 184 g/mol. The minimum absolute atomic E-state index is 0.441. The molecule has 2 heteroatoms. The van der Waals surface area contributed by atoms with Crippen molar-refractivity contribution in [3.8, 4) is 0 Å². The van der Waals surface area contributed by atoms with Crippen molar-refractivity contribution in [2.75, 3.05) is 13.1 Å². The lowest BCUT2D eigenvalue weighted by atomic mass is 9.97. The summed E-state index contributed by atoms with van der Waals surface area (Å²) >= 11 is 0. The minimum Gasteiger partial charge on any atom is -0.329 e. The minimum atomic E-state index is 0.441. The van der Waals surface area contributed by atoms with Crippen LogP contribution in [0.15, 0.2) is 12.2 Å². The van der Waals surface area contributed by atoms with Gasteiger partial charge in [0.15, 0.2) is 0 Å². The van der Waals surface area contributed by atoms with Crippen molar-refractivity contribution in [3.63, 3.8) is 0 Å². The summed E-state index contributed by atoms with van der Waals surface area (Å²) < 4.78 is 0. The zero-order valence-electron chi connectivity index (χ0n) is 9.27. The molecule has 0 saturated heterocycles. The van der Waals surface area contributed by atoms with Crippen LogP contribution >= 0.6 is 0 Å². The van der Waals surface area contributed by atoms with Crippen LogP contribution in [0.2, 0.25) is 0 Å². The van der Waals surface area contributed by atoms with Gasteiger partial charge < -0.3 is 11.1 Å². The lowest BCUT2D eigenvalue weighted by Crippen LogP contribution is -2.41. The van der Waals surface area contributed by atoms with Gasteiger partial charge in [0.25, 0.3) is 0 Å². The van der Waals surface area contributed by atoms with Gasteiger partial charge in [-0.2, -0.15) is 0 Å². The van der Waals surface area contributed by atoms with Crippen molar-refractivity contribution < 1.29 is 0 Å². The van der Waals surface area contributed by atoms with Crippen molar-refractivity contribution in [2.45, 2.75) is 39.7 Å². The summed E-state index contributed by atoms with van der Waals surface area (Å²) in [6, 6.07) is 0.441. The zero-order valence-corrected chi connectivity index (χ0v) is 9.27. The third-order valence-corrected chi connectivity index (χ3v) is 2.35. The van der Waals surface area contributed by atoms with Crippen LogP contribution in [0.3, 0.4) is 0 Å². The summed E-state index contributed by atoms with van der Waals surface area (Å²) in [6.07, 6.45) is 2.47. The van der Waals surface area contributed by atoms with Gasteiger partial charge in [-0.15, -0.1) is 0 Å². The summed E-state index contributed by atoms with van der Waals surface area (Å²) in [5.41, 5.74) is 6.87. The first-order valence-electron chi connectivity index (χ1n) is 5.19. The maximum atomic E-state index is 5.70. The maximum absolute atomic E-state index is 5.70. The topological polar surface area (TPSA) is 38.0 Å². The molecule has 0 heterocycles. The van der Waals surface area contributed by atoms with Crippen LogP contribution in [-0.4, -0.2) is 19.1 Å². The Hall–Kier alpha value is -0.340. The van der Waals surface area contributed by atoms with Gasteiger partial charge in [-0.05, 0) is 19.3 Å². The van der Waals surface area contributed by atoms with Crippen LogP contribution in [0.5, 0.6) is 0 Å². The Morgan fingerprint density at radius 1 is 1.54 bits per heavy atom. The number of rotatable bonds is 7. The predicted molar refractivity (Wildman–Crippen MR) is 59.7 cm³/mol. The van der Waals surface area contributed by atoms with Crippen molar-refractivity contribution in [3.05, 3.63) is 12.2 Å². The highest BCUT2D eigenvalue weighted by Gasteiger charge is 2.13. The van der Waals surface area contributed by atoms with E-state index in [1.165, 1.54) is 18.4 Å². The van der Waals surface area contributed by atoms with E-state index in [0.29, 0.717) is 18.5 Å². The molecule has 0 amide bonds. The van der Waals surface area contributed by atoms with Gasteiger partial charge >= 0.3 is 0 Å². The molecule has 0 spiro atoms. The number of nitrogens with one attached hydrogen (secondary N) is 1. The molecule has 0 aromatic rings. The lowest BCUT2D eigenvalue weighted by Gasteiger charge is -2.23. The maximum Gasteiger partial charge on any atom is 0.0218 e. The molecular formula is C11H24N2. The summed E-state index contributed by atoms with van der Waals surface area (Å²) in [5.74, 6) is 0.661. The second kappa shape index (κ2) is 7.10. The van der Waals surface area contributed by atoms with Gasteiger partial charge in [-0.1, -0.05) is 32.4 Å². The SMILES string of the molecule is C=C(C)CNC(CN)C(C)CCC. The lowest BCUT2D eigenvalue weighted by molar-refractivity contribution is 0.369. The molecule has 0 bridgehead atoms. The second-order valence-electron chi connectivity index (χ2n) is 3.95. The number of hydrogen-bond donors (Lipinski definition) is 2. The van der Waals surface area contributed by atoms with Gasteiger partial charge in [0, 0.05) is 19.1 Å². The molecule has 2 unspecified atom stereocenters. The normalized spacial score (nSPS) is 15.4. The average Bonchev–Trinajstić information content (AvgIpc) is 2.05. The highest BCUT2D eigenvalue weighted by Crippen LogP contribution is 2.09.